The van der Waals surface area contributed by atoms with E-state index in [-0.39, 0.29) is 11.9 Å². The number of halogens is 1. The SMILES string of the molecule is CCC(C)NC(=O)CSc1nnc(N2CCCC2)n1-c1cccc(Cl)c1. The fourth-order valence-electron chi connectivity index (χ4n) is 2.87. The predicted octanol–water partition coefficient (Wildman–Crippen LogP) is 3.53. The highest BCUT2D eigenvalue weighted by atomic mass is 35.5. The van der Waals surface area contributed by atoms with Crippen molar-refractivity contribution in [2.75, 3.05) is 23.7 Å². The number of hydrogen-bond donors (Lipinski definition) is 1. The van der Waals surface area contributed by atoms with Gasteiger partial charge >= 0.3 is 0 Å². The number of carbonyl (C=O) groups excluding carboxylic acids is 1. The summed E-state index contributed by atoms with van der Waals surface area (Å²) < 4.78 is 2.00. The van der Waals surface area contributed by atoms with Crippen LogP contribution in [-0.2, 0) is 4.79 Å². The number of aromatic nitrogens is 3. The average molecular weight is 394 g/mol. The third-order valence-electron chi connectivity index (χ3n) is 4.42. The minimum Gasteiger partial charge on any atom is -0.353 e. The molecule has 2 aromatic rings. The van der Waals surface area contributed by atoms with E-state index < -0.39 is 0 Å². The van der Waals surface area contributed by atoms with E-state index >= 15 is 0 Å². The van der Waals surface area contributed by atoms with Crippen molar-refractivity contribution in [3.8, 4) is 5.69 Å². The molecule has 1 atom stereocenters. The molecule has 1 unspecified atom stereocenters. The highest BCUT2D eigenvalue weighted by molar-refractivity contribution is 7.99. The zero-order chi connectivity index (χ0) is 18.5. The molecule has 0 saturated carbocycles. The Hall–Kier alpha value is -1.73. The molecule has 1 saturated heterocycles. The first kappa shape index (κ1) is 19.0. The number of hydrogen-bond acceptors (Lipinski definition) is 5. The maximum Gasteiger partial charge on any atom is 0.232 e. The molecular formula is C18H24ClN5OS. The molecule has 6 nitrogen and oxygen atoms in total. The van der Waals surface area contributed by atoms with Gasteiger partial charge < -0.3 is 10.2 Å². The van der Waals surface area contributed by atoms with Crippen LogP contribution in [0.1, 0.15) is 33.1 Å². The number of carbonyl (C=O) groups is 1. The summed E-state index contributed by atoms with van der Waals surface area (Å²) in [6.45, 7) is 5.99. The van der Waals surface area contributed by atoms with Gasteiger partial charge in [-0.1, -0.05) is 36.4 Å². The fourth-order valence-corrected chi connectivity index (χ4v) is 3.81. The number of thioether (sulfide) groups is 1. The molecule has 1 aromatic carbocycles. The fraction of sp³-hybridized carbons (Fsp3) is 0.500. The third kappa shape index (κ3) is 4.51. The standard InChI is InChI=1S/C18H24ClN5OS/c1-3-13(2)20-16(25)12-26-18-22-21-17(23-9-4-5-10-23)24(18)15-8-6-7-14(19)11-15/h6-8,11,13H,3-5,9-10,12H2,1-2H3,(H,20,25). The second-order valence-corrected chi connectivity index (χ2v) is 7.84. The lowest BCUT2D eigenvalue weighted by molar-refractivity contribution is -0.119. The highest BCUT2D eigenvalue weighted by Gasteiger charge is 2.23. The molecule has 0 spiro atoms. The number of anilines is 1. The summed E-state index contributed by atoms with van der Waals surface area (Å²) in [5.74, 6) is 1.13. The first-order valence-electron chi connectivity index (χ1n) is 8.97. The van der Waals surface area contributed by atoms with Gasteiger partial charge in [0.25, 0.3) is 0 Å². The van der Waals surface area contributed by atoms with Crippen molar-refractivity contribution in [2.45, 2.75) is 44.3 Å². The highest BCUT2D eigenvalue weighted by Crippen LogP contribution is 2.29. The molecule has 140 valence electrons. The lowest BCUT2D eigenvalue weighted by atomic mass is 10.3. The van der Waals surface area contributed by atoms with E-state index in [4.69, 9.17) is 11.6 Å². The zero-order valence-electron chi connectivity index (χ0n) is 15.1. The average Bonchev–Trinajstić information content (AvgIpc) is 3.29. The van der Waals surface area contributed by atoms with Crippen LogP contribution in [0.5, 0.6) is 0 Å². The summed E-state index contributed by atoms with van der Waals surface area (Å²) in [5.41, 5.74) is 0.911. The summed E-state index contributed by atoms with van der Waals surface area (Å²) in [4.78, 5) is 14.4. The molecule has 1 aliphatic heterocycles. The molecule has 1 N–H and O–H groups in total. The van der Waals surface area contributed by atoms with Crippen molar-refractivity contribution in [3.63, 3.8) is 0 Å². The van der Waals surface area contributed by atoms with E-state index in [9.17, 15) is 4.79 Å². The molecule has 0 bridgehead atoms. The van der Waals surface area contributed by atoms with Crippen LogP contribution in [0.4, 0.5) is 5.95 Å². The zero-order valence-corrected chi connectivity index (χ0v) is 16.7. The Kier molecular flexibility index (Phi) is 6.43. The topological polar surface area (TPSA) is 63.1 Å². The van der Waals surface area contributed by atoms with E-state index in [0.29, 0.717) is 15.9 Å². The smallest absolute Gasteiger partial charge is 0.232 e. The summed E-state index contributed by atoms with van der Waals surface area (Å²) >= 11 is 7.58. The van der Waals surface area contributed by atoms with Crippen molar-refractivity contribution in [3.05, 3.63) is 29.3 Å². The molecular weight excluding hydrogens is 370 g/mol. The second-order valence-electron chi connectivity index (χ2n) is 6.46. The molecule has 1 aromatic heterocycles. The number of nitrogens with zero attached hydrogens (tertiary/aromatic N) is 4. The first-order valence-corrected chi connectivity index (χ1v) is 10.3. The van der Waals surface area contributed by atoms with Gasteiger partial charge in [-0.2, -0.15) is 0 Å². The molecule has 0 aliphatic carbocycles. The van der Waals surface area contributed by atoms with Crippen LogP contribution in [0.2, 0.25) is 5.02 Å². The minimum atomic E-state index is 0.00714. The predicted molar refractivity (Wildman–Crippen MR) is 106 cm³/mol. The number of nitrogens with one attached hydrogen (secondary N) is 1. The maximum atomic E-state index is 12.1. The van der Waals surface area contributed by atoms with E-state index in [2.05, 4.69) is 27.3 Å². The Bertz CT molecular complexity index is 760. The van der Waals surface area contributed by atoms with Crippen LogP contribution in [-0.4, -0.2) is 45.6 Å². The molecule has 26 heavy (non-hydrogen) atoms. The van der Waals surface area contributed by atoms with Gasteiger partial charge in [0, 0.05) is 24.2 Å². The largest absolute Gasteiger partial charge is 0.353 e. The van der Waals surface area contributed by atoms with Gasteiger partial charge in [-0.15, -0.1) is 10.2 Å². The summed E-state index contributed by atoms with van der Waals surface area (Å²) in [6.07, 6.45) is 3.22. The molecule has 3 rings (SSSR count). The molecule has 8 heteroatoms. The van der Waals surface area contributed by atoms with Crippen LogP contribution in [0.15, 0.2) is 29.4 Å². The van der Waals surface area contributed by atoms with E-state index in [0.717, 1.165) is 44.0 Å². The lowest BCUT2D eigenvalue weighted by Crippen LogP contribution is -2.33. The van der Waals surface area contributed by atoms with Crippen LogP contribution in [0, 0.1) is 0 Å². The van der Waals surface area contributed by atoms with Gasteiger partial charge in [0.15, 0.2) is 5.16 Å². The Labute approximate surface area is 163 Å². The van der Waals surface area contributed by atoms with E-state index in [1.165, 1.54) is 11.8 Å². The van der Waals surface area contributed by atoms with Crippen molar-refractivity contribution < 1.29 is 4.79 Å². The Morgan fingerprint density at radius 2 is 2.12 bits per heavy atom. The van der Waals surface area contributed by atoms with Crippen LogP contribution >= 0.6 is 23.4 Å². The van der Waals surface area contributed by atoms with Crippen molar-refractivity contribution in [2.24, 2.45) is 0 Å². The van der Waals surface area contributed by atoms with Crippen LogP contribution < -0.4 is 10.2 Å². The lowest BCUT2D eigenvalue weighted by Gasteiger charge is -2.18. The number of rotatable bonds is 7. The Morgan fingerprint density at radius 3 is 2.81 bits per heavy atom. The molecule has 1 fully saturated rings. The van der Waals surface area contributed by atoms with E-state index in [1.54, 1.807) is 0 Å². The van der Waals surface area contributed by atoms with Crippen molar-refractivity contribution >= 4 is 35.2 Å². The van der Waals surface area contributed by atoms with Gasteiger partial charge in [0.1, 0.15) is 0 Å². The normalized spacial score (nSPS) is 15.3. The van der Waals surface area contributed by atoms with Gasteiger partial charge in [-0.25, -0.2) is 0 Å². The third-order valence-corrected chi connectivity index (χ3v) is 5.59. The molecule has 0 radical (unpaired) electrons. The molecule has 1 amide bonds. The number of benzene rings is 1. The summed E-state index contributed by atoms with van der Waals surface area (Å²) in [5, 5.41) is 13.1. The van der Waals surface area contributed by atoms with Crippen LogP contribution in [0.3, 0.4) is 0 Å². The summed E-state index contributed by atoms with van der Waals surface area (Å²) in [6, 6.07) is 7.81. The quantitative estimate of drug-likeness (QED) is 0.729. The van der Waals surface area contributed by atoms with E-state index in [1.807, 2.05) is 35.8 Å². The van der Waals surface area contributed by atoms with Crippen LogP contribution in [0.25, 0.3) is 5.69 Å². The van der Waals surface area contributed by atoms with Gasteiger partial charge in [0.2, 0.25) is 11.9 Å². The molecule has 2 heterocycles. The Morgan fingerprint density at radius 1 is 1.35 bits per heavy atom. The molecule has 1 aliphatic rings. The van der Waals surface area contributed by atoms with Gasteiger partial charge in [0.05, 0.1) is 11.4 Å². The monoisotopic (exact) mass is 393 g/mol. The summed E-state index contributed by atoms with van der Waals surface area (Å²) in [7, 11) is 0. The van der Waals surface area contributed by atoms with Crippen molar-refractivity contribution in [1.82, 2.24) is 20.1 Å². The van der Waals surface area contributed by atoms with Gasteiger partial charge in [-0.3, -0.25) is 9.36 Å². The van der Waals surface area contributed by atoms with Crippen molar-refractivity contribution in [1.29, 1.82) is 0 Å². The Balaban J connectivity index is 1.84. The second kappa shape index (κ2) is 8.77. The minimum absolute atomic E-state index is 0.00714. The number of amides is 1. The first-order chi connectivity index (χ1) is 12.6. The van der Waals surface area contributed by atoms with Gasteiger partial charge in [-0.05, 0) is 44.4 Å². The maximum absolute atomic E-state index is 12.1.